The van der Waals surface area contributed by atoms with Crippen LogP contribution in [-0.4, -0.2) is 57.6 Å². The summed E-state index contributed by atoms with van der Waals surface area (Å²) in [6.45, 7) is 4.23. The lowest BCUT2D eigenvalue weighted by Crippen LogP contribution is -2.51. The zero-order valence-corrected chi connectivity index (χ0v) is 12.1. The van der Waals surface area contributed by atoms with E-state index in [2.05, 4.69) is 34.0 Å². The number of para-hydroxylation sites is 2. The number of carbonyl (C=O) groups excluding carboxylic acids is 1. The second kappa shape index (κ2) is 4.73. The van der Waals surface area contributed by atoms with Crippen LogP contribution in [0, 0.1) is 0 Å². The monoisotopic (exact) mass is 285 g/mol. The van der Waals surface area contributed by atoms with Crippen LogP contribution < -0.4 is 5.32 Å². The molecule has 2 amide bonds. The fourth-order valence-electron chi connectivity index (χ4n) is 3.35. The Morgan fingerprint density at radius 2 is 2.19 bits per heavy atom. The number of carbonyl (C=O) groups is 1. The summed E-state index contributed by atoms with van der Waals surface area (Å²) < 4.78 is 2.17. The van der Waals surface area contributed by atoms with Gasteiger partial charge in [0.25, 0.3) is 0 Å². The molecule has 6 nitrogen and oxygen atoms in total. The van der Waals surface area contributed by atoms with E-state index in [9.17, 15) is 4.79 Å². The fourth-order valence-corrected chi connectivity index (χ4v) is 3.35. The van der Waals surface area contributed by atoms with E-state index in [0.29, 0.717) is 6.04 Å². The van der Waals surface area contributed by atoms with Crippen LogP contribution in [0.5, 0.6) is 0 Å². The number of amides is 2. The molecule has 1 aromatic carbocycles. The standard InChI is InChI=1S/C15H19N5O/c1-18-13-5-3-2-4-12(13)17-14(18)10-19-6-7-20-11(9-19)8-16-15(20)21/h2-5,11H,6-10H2,1H3,(H,16,21)/t11-/m0/s1. The first-order valence-corrected chi connectivity index (χ1v) is 7.39. The molecule has 2 aliphatic heterocycles. The maximum absolute atomic E-state index is 11.6. The topological polar surface area (TPSA) is 53.4 Å². The number of nitrogens with zero attached hydrogens (tertiary/aromatic N) is 4. The van der Waals surface area contributed by atoms with E-state index in [1.807, 2.05) is 17.0 Å². The number of piperazine rings is 1. The number of hydrogen-bond donors (Lipinski definition) is 1. The van der Waals surface area contributed by atoms with E-state index in [-0.39, 0.29) is 6.03 Å². The molecule has 2 fully saturated rings. The highest BCUT2D eigenvalue weighted by molar-refractivity contribution is 5.77. The normalized spacial score (nSPS) is 22.6. The molecule has 1 atom stereocenters. The Bertz CT molecular complexity index is 694. The highest BCUT2D eigenvalue weighted by atomic mass is 16.2. The Morgan fingerprint density at radius 1 is 1.33 bits per heavy atom. The highest BCUT2D eigenvalue weighted by Crippen LogP contribution is 2.19. The first-order chi connectivity index (χ1) is 10.2. The van der Waals surface area contributed by atoms with Gasteiger partial charge in [0.1, 0.15) is 5.82 Å². The number of imidazole rings is 1. The largest absolute Gasteiger partial charge is 0.336 e. The van der Waals surface area contributed by atoms with Gasteiger partial charge in [0.15, 0.2) is 0 Å². The summed E-state index contributed by atoms with van der Waals surface area (Å²) in [7, 11) is 2.07. The molecule has 0 radical (unpaired) electrons. The van der Waals surface area contributed by atoms with Crippen molar-refractivity contribution in [3.05, 3.63) is 30.1 Å². The summed E-state index contributed by atoms with van der Waals surface area (Å²) in [5.41, 5.74) is 2.22. The molecule has 0 spiro atoms. The molecule has 3 heterocycles. The van der Waals surface area contributed by atoms with Crippen LogP contribution in [0.4, 0.5) is 4.79 Å². The van der Waals surface area contributed by atoms with Gasteiger partial charge >= 0.3 is 6.03 Å². The number of fused-ring (bicyclic) bond motifs is 2. The molecule has 2 aliphatic rings. The number of rotatable bonds is 2. The minimum absolute atomic E-state index is 0.0855. The van der Waals surface area contributed by atoms with Gasteiger partial charge in [-0.3, -0.25) is 4.90 Å². The van der Waals surface area contributed by atoms with Gasteiger partial charge in [0.2, 0.25) is 0 Å². The van der Waals surface area contributed by atoms with Gasteiger partial charge in [-0.25, -0.2) is 9.78 Å². The Morgan fingerprint density at radius 3 is 3.05 bits per heavy atom. The average Bonchev–Trinajstić information content (AvgIpc) is 3.01. The molecule has 0 saturated carbocycles. The highest BCUT2D eigenvalue weighted by Gasteiger charge is 2.35. The van der Waals surface area contributed by atoms with E-state index in [1.54, 1.807) is 0 Å². The summed E-state index contributed by atoms with van der Waals surface area (Å²) in [6, 6.07) is 8.61. The van der Waals surface area contributed by atoms with Crippen LogP contribution in [-0.2, 0) is 13.6 Å². The lowest BCUT2D eigenvalue weighted by atomic mass is 10.2. The van der Waals surface area contributed by atoms with Crippen molar-refractivity contribution < 1.29 is 4.79 Å². The minimum atomic E-state index is 0.0855. The van der Waals surface area contributed by atoms with E-state index in [1.165, 1.54) is 5.52 Å². The number of benzene rings is 1. The Kier molecular flexibility index (Phi) is 2.85. The summed E-state index contributed by atoms with van der Waals surface area (Å²) >= 11 is 0. The number of hydrogen-bond acceptors (Lipinski definition) is 3. The zero-order chi connectivity index (χ0) is 14.4. The first kappa shape index (κ1) is 12.6. The molecule has 6 heteroatoms. The lowest BCUT2D eigenvalue weighted by Gasteiger charge is -2.36. The fraction of sp³-hybridized carbons (Fsp3) is 0.467. The third-order valence-corrected chi connectivity index (χ3v) is 4.56. The van der Waals surface area contributed by atoms with Gasteiger partial charge in [0.05, 0.1) is 23.6 Å². The molecule has 2 aromatic rings. The van der Waals surface area contributed by atoms with Crippen molar-refractivity contribution in [2.45, 2.75) is 12.6 Å². The minimum Gasteiger partial charge on any atom is -0.336 e. The molecule has 1 aromatic heterocycles. The SMILES string of the molecule is Cn1c(CN2CCN3C(=O)NC[C@H]3C2)nc2ccccc21. The molecule has 1 N–H and O–H groups in total. The predicted octanol–water partition coefficient (Wildman–Crippen LogP) is 0.783. The first-order valence-electron chi connectivity index (χ1n) is 7.39. The van der Waals surface area contributed by atoms with E-state index >= 15 is 0 Å². The molecular weight excluding hydrogens is 266 g/mol. The summed E-state index contributed by atoms with van der Waals surface area (Å²) in [5, 5.41) is 2.92. The predicted molar refractivity (Wildman–Crippen MR) is 79.9 cm³/mol. The molecule has 0 aliphatic carbocycles. The van der Waals surface area contributed by atoms with Crippen molar-refractivity contribution in [3.8, 4) is 0 Å². The average molecular weight is 285 g/mol. The van der Waals surface area contributed by atoms with Crippen molar-refractivity contribution in [2.24, 2.45) is 7.05 Å². The smallest absolute Gasteiger partial charge is 0.317 e. The second-order valence-corrected chi connectivity index (χ2v) is 5.84. The molecule has 21 heavy (non-hydrogen) atoms. The number of aromatic nitrogens is 2. The van der Waals surface area contributed by atoms with Gasteiger partial charge in [-0.15, -0.1) is 0 Å². The maximum atomic E-state index is 11.6. The van der Waals surface area contributed by atoms with Crippen LogP contribution in [0.15, 0.2) is 24.3 Å². The Hall–Kier alpha value is -2.08. The van der Waals surface area contributed by atoms with Crippen molar-refractivity contribution in [3.63, 3.8) is 0 Å². The lowest BCUT2D eigenvalue weighted by molar-refractivity contribution is 0.114. The van der Waals surface area contributed by atoms with Gasteiger partial charge in [0, 0.05) is 33.2 Å². The van der Waals surface area contributed by atoms with Crippen LogP contribution in [0.25, 0.3) is 11.0 Å². The summed E-state index contributed by atoms with van der Waals surface area (Å²) in [5.74, 6) is 1.09. The van der Waals surface area contributed by atoms with Crippen molar-refractivity contribution in [1.82, 2.24) is 24.7 Å². The molecule has 0 bridgehead atoms. The molecule has 0 unspecified atom stereocenters. The Balaban J connectivity index is 1.53. The summed E-state index contributed by atoms with van der Waals surface area (Å²) in [6.07, 6.45) is 0. The van der Waals surface area contributed by atoms with Crippen molar-refractivity contribution >= 4 is 17.1 Å². The Labute approximate surface area is 123 Å². The van der Waals surface area contributed by atoms with Crippen LogP contribution >= 0.6 is 0 Å². The number of nitrogens with one attached hydrogen (secondary N) is 1. The van der Waals surface area contributed by atoms with Gasteiger partial charge in [-0.05, 0) is 12.1 Å². The molecule has 110 valence electrons. The quantitative estimate of drug-likeness (QED) is 0.887. The van der Waals surface area contributed by atoms with Gasteiger partial charge < -0.3 is 14.8 Å². The van der Waals surface area contributed by atoms with Gasteiger partial charge in [-0.1, -0.05) is 12.1 Å². The van der Waals surface area contributed by atoms with Crippen LogP contribution in [0.1, 0.15) is 5.82 Å². The number of urea groups is 1. The van der Waals surface area contributed by atoms with Crippen molar-refractivity contribution in [2.75, 3.05) is 26.2 Å². The van der Waals surface area contributed by atoms with E-state index in [4.69, 9.17) is 4.98 Å². The van der Waals surface area contributed by atoms with Crippen LogP contribution in [0.3, 0.4) is 0 Å². The summed E-state index contributed by atoms with van der Waals surface area (Å²) in [4.78, 5) is 20.7. The third kappa shape index (κ3) is 2.06. The third-order valence-electron chi connectivity index (χ3n) is 4.56. The van der Waals surface area contributed by atoms with E-state index in [0.717, 1.165) is 44.1 Å². The maximum Gasteiger partial charge on any atom is 0.317 e. The van der Waals surface area contributed by atoms with E-state index < -0.39 is 0 Å². The zero-order valence-electron chi connectivity index (χ0n) is 12.1. The van der Waals surface area contributed by atoms with Crippen molar-refractivity contribution in [1.29, 1.82) is 0 Å². The molecular formula is C15H19N5O. The van der Waals surface area contributed by atoms with Crippen LogP contribution in [0.2, 0.25) is 0 Å². The van der Waals surface area contributed by atoms with Gasteiger partial charge in [-0.2, -0.15) is 0 Å². The molecule has 4 rings (SSSR count). The molecule has 2 saturated heterocycles. The number of aryl methyl sites for hydroxylation is 1. The second-order valence-electron chi connectivity index (χ2n) is 5.84.